The van der Waals surface area contributed by atoms with Gasteiger partial charge in [-0.15, -0.1) is 12.4 Å². The Morgan fingerprint density at radius 3 is 0.923 bits per heavy atom. The molecule has 0 atom stereocenters. The van der Waals surface area contributed by atoms with Gasteiger partial charge in [-0.25, -0.2) is 0 Å². The largest absolute Gasteiger partial charge is 0.147 e. The van der Waals surface area contributed by atoms with Crippen LogP contribution < -0.4 is 0 Å². The molecule has 0 rings (SSSR count). The first kappa shape index (κ1) is 15.7. The van der Waals surface area contributed by atoms with E-state index in [0.29, 0.717) is 0 Å². The zero-order chi connectivity index (χ0) is 9.07. The van der Waals surface area contributed by atoms with Crippen LogP contribution in [0.15, 0.2) is 0 Å². The van der Waals surface area contributed by atoms with Crippen LogP contribution in [0, 0.1) is 0 Å². The van der Waals surface area contributed by atoms with Crippen molar-refractivity contribution in [1.82, 2.24) is 0 Å². The van der Waals surface area contributed by atoms with Crippen molar-refractivity contribution in [1.29, 1.82) is 0 Å². The van der Waals surface area contributed by atoms with Gasteiger partial charge < -0.3 is 0 Å². The summed E-state index contributed by atoms with van der Waals surface area (Å²) in [7, 11) is 0. The van der Waals surface area contributed by atoms with Gasteiger partial charge in [0.2, 0.25) is 0 Å². The van der Waals surface area contributed by atoms with E-state index in [9.17, 15) is 0 Å². The monoisotopic (exact) mass is 206 g/mol. The molecule has 0 radical (unpaired) electrons. The number of unbranched alkanes of at least 4 members (excludes halogenated alkanes) is 9. The minimum atomic E-state index is 0. The van der Waals surface area contributed by atoms with E-state index in [1.165, 1.54) is 64.2 Å². The highest BCUT2D eigenvalue weighted by atomic mass is 35.5. The number of hydrogen-bond acceptors (Lipinski definition) is 0. The molecular formula is C12H27Cl. The maximum atomic E-state index is 2.28. The Kier molecular flexibility index (Phi) is 17.9. The lowest BCUT2D eigenvalue weighted by molar-refractivity contribution is 0.562. The summed E-state index contributed by atoms with van der Waals surface area (Å²) in [4.78, 5) is 0. The van der Waals surface area contributed by atoms with Crippen LogP contribution in [0.25, 0.3) is 0 Å². The van der Waals surface area contributed by atoms with Crippen molar-refractivity contribution in [3.63, 3.8) is 0 Å². The maximum absolute atomic E-state index is 2.28. The Morgan fingerprint density at radius 1 is 0.462 bits per heavy atom. The fraction of sp³-hybridized carbons (Fsp3) is 1.00. The first-order valence-electron chi connectivity index (χ1n) is 5.91. The van der Waals surface area contributed by atoms with Gasteiger partial charge in [-0.05, 0) is 0 Å². The van der Waals surface area contributed by atoms with Crippen LogP contribution in [0.3, 0.4) is 0 Å². The third-order valence-corrected chi connectivity index (χ3v) is 2.46. The van der Waals surface area contributed by atoms with E-state index < -0.39 is 0 Å². The number of halogens is 1. The second kappa shape index (κ2) is 14.8. The molecule has 0 N–H and O–H groups in total. The molecule has 0 unspecified atom stereocenters. The molecular weight excluding hydrogens is 180 g/mol. The van der Waals surface area contributed by atoms with E-state index >= 15 is 0 Å². The molecule has 0 aliphatic rings. The molecule has 0 saturated carbocycles. The van der Waals surface area contributed by atoms with Gasteiger partial charge in [0.15, 0.2) is 0 Å². The highest BCUT2D eigenvalue weighted by molar-refractivity contribution is 5.85. The number of rotatable bonds is 9. The third kappa shape index (κ3) is 15.1. The maximum Gasteiger partial charge on any atom is -0.0533 e. The molecule has 0 heterocycles. The number of hydrogen-bond donors (Lipinski definition) is 0. The van der Waals surface area contributed by atoms with E-state index in [1.807, 2.05) is 0 Å². The fourth-order valence-corrected chi connectivity index (χ4v) is 1.56. The molecule has 0 aromatic carbocycles. The van der Waals surface area contributed by atoms with Gasteiger partial charge in [-0.1, -0.05) is 78.1 Å². The van der Waals surface area contributed by atoms with E-state index in [0.717, 1.165) is 0 Å². The minimum absolute atomic E-state index is 0. The minimum Gasteiger partial charge on any atom is -0.147 e. The summed E-state index contributed by atoms with van der Waals surface area (Å²) in [6, 6.07) is 0. The molecule has 0 fully saturated rings. The van der Waals surface area contributed by atoms with Crippen LogP contribution in [0.1, 0.15) is 78.1 Å². The predicted octanol–water partition coefficient (Wildman–Crippen LogP) is 5.35. The summed E-state index contributed by atoms with van der Waals surface area (Å²) in [6.45, 7) is 4.56. The van der Waals surface area contributed by atoms with Gasteiger partial charge in [-0.3, -0.25) is 0 Å². The van der Waals surface area contributed by atoms with Gasteiger partial charge in [-0.2, -0.15) is 0 Å². The Balaban J connectivity index is 0. The van der Waals surface area contributed by atoms with Crippen molar-refractivity contribution >= 4 is 12.4 Å². The standard InChI is InChI=1S/C12H26.ClH/c1-3-5-7-9-11-12-10-8-6-4-2;/h3-12H2,1-2H3;1H. The molecule has 0 nitrogen and oxygen atoms in total. The quantitative estimate of drug-likeness (QED) is 0.447. The lowest BCUT2D eigenvalue weighted by Gasteiger charge is -1.99. The normalized spacial score (nSPS) is 9.69. The first-order chi connectivity index (χ1) is 5.91. The molecule has 0 aromatic heterocycles. The van der Waals surface area contributed by atoms with E-state index in [1.54, 1.807) is 0 Å². The molecule has 13 heavy (non-hydrogen) atoms. The van der Waals surface area contributed by atoms with Crippen LogP contribution in [0.2, 0.25) is 0 Å². The summed E-state index contributed by atoms with van der Waals surface area (Å²) < 4.78 is 0. The Bertz CT molecular complexity index is 61.5. The van der Waals surface area contributed by atoms with Crippen molar-refractivity contribution < 1.29 is 0 Å². The summed E-state index contributed by atoms with van der Waals surface area (Å²) >= 11 is 0. The molecule has 0 aliphatic heterocycles. The van der Waals surface area contributed by atoms with E-state index in [2.05, 4.69) is 13.8 Å². The van der Waals surface area contributed by atoms with Gasteiger partial charge in [0.05, 0.1) is 0 Å². The lowest BCUT2D eigenvalue weighted by atomic mass is 10.1. The van der Waals surface area contributed by atoms with Crippen LogP contribution >= 0.6 is 12.4 Å². The third-order valence-electron chi connectivity index (χ3n) is 2.46. The fourth-order valence-electron chi connectivity index (χ4n) is 1.56. The smallest absolute Gasteiger partial charge is 0.0533 e. The van der Waals surface area contributed by atoms with Gasteiger partial charge in [0.1, 0.15) is 0 Å². The SMILES string of the molecule is CCCCCCCCCCCC.Cl. The highest BCUT2D eigenvalue weighted by Crippen LogP contribution is 2.09. The average Bonchev–Trinajstić information content (AvgIpc) is 2.10. The summed E-state index contributed by atoms with van der Waals surface area (Å²) in [5.41, 5.74) is 0. The Morgan fingerprint density at radius 2 is 0.692 bits per heavy atom. The molecule has 82 valence electrons. The molecule has 0 aliphatic carbocycles. The van der Waals surface area contributed by atoms with Crippen LogP contribution in [0.4, 0.5) is 0 Å². The molecule has 1 heteroatoms. The van der Waals surface area contributed by atoms with Crippen molar-refractivity contribution in [2.24, 2.45) is 0 Å². The van der Waals surface area contributed by atoms with Crippen molar-refractivity contribution in [3.05, 3.63) is 0 Å². The van der Waals surface area contributed by atoms with Crippen molar-refractivity contribution in [2.75, 3.05) is 0 Å². The zero-order valence-electron chi connectivity index (χ0n) is 9.48. The molecule has 0 amide bonds. The summed E-state index contributed by atoms with van der Waals surface area (Å²) in [5, 5.41) is 0. The van der Waals surface area contributed by atoms with Crippen molar-refractivity contribution in [2.45, 2.75) is 78.1 Å². The lowest BCUT2D eigenvalue weighted by Crippen LogP contribution is -1.80. The summed E-state index contributed by atoms with van der Waals surface area (Å²) in [5.74, 6) is 0. The summed E-state index contributed by atoms with van der Waals surface area (Å²) in [6.07, 6.45) is 14.4. The van der Waals surface area contributed by atoms with Crippen LogP contribution in [0.5, 0.6) is 0 Å². The molecule has 0 bridgehead atoms. The Hall–Kier alpha value is 0.290. The molecule has 0 saturated heterocycles. The topological polar surface area (TPSA) is 0 Å². The van der Waals surface area contributed by atoms with Crippen LogP contribution in [-0.4, -0.2) is 0 Å². The van der Waals surface area contributed by atoms with Gasteiger partial charge in [0, 0.05) is 0 Å². The van der Waals surface area contributed by atoms with Crippen LogP contribution in [-0.2, 0) is 0 Å². The average molecular weight is 207 g/mol. The second-order valence-corrected chi connectivity index (χ2v) is 3.83. The van der Waals surface area contributed by atoms with Crippen molar-refractivity contribution in [3.8, 4) is 0 Å². The van der Waals surface area contributed by atoms with E-state index in [-0.39, 0.29) is 12.4 Å². The zero-order valence-corrected chi connectivity index (χ0v) is 10.3. The molecule has 0 spiro atoms. The predicted molar refractivity (Wildman–Crippen MR) is 64.8 cm³/mol. The molecule has 0 aromatic rings. The second-order valence-electron chi connectivity index (χ2n) is 3.83. The van der Waals surface area contributed by atoms with Gasteiger partial charge in [0.25, 0.3) is 0 Å². The van der Waals surface area contributed by atoms with E-state index in [4.69, 9.17) is 0 Å². The Labute approximate surface area is 90.9 Å². The highest BCUT2D eigenvalue weighted by Gasteiger charge is 1.90. The van der Waals surface area contributed by atoms with Gasteiger partial charge >= 0.3 is 0 Å². The first-order valence-corrected chi connectivity index (χ1v) is 5.91.